The summed E-state index contributed by atoms with van der Waals surface area (Å²) in [5, 5.41) is 0. The maximum Gasteiger partial charge on any atom is 0.327 e. The summed E-state index contributed by atoms with van der Waals surface area (Å²) >= 11 is 0. The van der Waals surface area contributed by atoms with Crippen molar-refractivity contribution < 1.29 is 0 Å². The molecule has 0 amide bonds. The average molecular weight is 233 g/mol. The molecule has 0 aliphatic carbocycles. The lowest BCUT2D eigenvalue weighted by Crippen LogP contribution is -2.19. The Morgan fingerprint density at radius 2 is 2.12 bits per heavy atom. The molecule has 1 aliphatic rings. The van der Waals surface area contributed by atoms with Gasteiger partial charge in [0, 0.05) is 19.6 Å². The number of anilines is 1. The summed E-state index contributed by atoms with van der Waals surface area (Å²) in [7, 11) is 0. The number of fused-ring (bicyclic) bond motifs is 1. The number of imidazole rings is 1. The molecule has 3 rings (SSSR count). The first-order valence-corrected chi connectivity index (χ1v) is 5.99. The molecule has 0 saturated carbocycles. The van der Waals surface area contributed by atoms with Gasteiger partial charge >= 0.3 is 5.69 Å². The zero-order valence-corrected chi connectivity index (χ0v) is 9.81. The Hall–Kier alpha value is -1.85. The molecule has 1 aliphatic heterocycles. The number of rotatable bonds is 2. The van der Waals surface area contributed by atoms with E-state index in [0.717, 1.165) is 24.4 Å². The number of H-pyrrole nitrogens is 1. The maximum absolute atomic E-state index is 11.8. The number of hydrogen-bond donors (Lipinski definition) is 1. The molecule has 2 aromatic rings. The van der Waals surface area contributed by atoms with Gasteiger partial charge in [-0.15, -0.1) is 0 Å². The Morgan fingerprint density at radius 1 is 1.35 bits per heavy atom. The maximum atomic E-state index is 11.8. The summed E-state index contributed by atoms with van der Waals surface area (Å²) in [6, 6.07) is 0. The van der Waals surface area contributed by atoms with Gasteiger partial charge in [0.15, 0.2) is 11.5 Å². The van der Waals surface area contributed by atoms with Gasteiger partial charge in [-0.2, -0.15) is 0 Å². The first-order chi connectivity index (χ1) is 8.31. The van der Waals surface area contributed by atoms with Crippen molar-refractivity contribution in [3.8, 4) is 0 Å². The first-order valence-electron chi connectivity index (χ1n) is 5.99. The minimum absolute atomic E-state index is 0.108. The number of hydrogen-bond acceptors (Lipinski definition) is 4. The molecule has 1 N–H and O–H groups in total. The molecular formula is C11H15N5O. The number of nitrogens with zero attached hydrogens (tertiary/aromatic N) is 4. The van der Waals surface area contributed by atoms with Gasteiger partial charge in [0.05, 0.1) is 0 Å². The third-order valence-electron chi connectivity index (χ3n) is 3.26. The molecule has 17 heavy (non-hydrogen) atoms. The molecule has 1 fully saturated rings. The van der Waals surface area contributed by atoms with Crippen molar-refractivity contribution >= 4 is 17.0 Å². The second-order valence-electron chi connectivity index (χ2n) is 4.26. The predicted octanol–water partition coefficient (Wildman–Crippen LogP) is 0.740. The molecular weight excluding hydrogens is 218 g/mol. The molecule has 0 unspecified atom stereocenters. The van der Waals surface area contributed by atoms with E-state index in [2.05, 4.69) is 19.9 Å². The number of aryl methyl sites for hydroxylation is 1. The van der Waals surface area contributed by atoms with Gasteiger partial charge in [-0.25, -0.2) is 14.8 Å². The van der Waals surface area contributed by atoms with Crippen LogP contribution in [0.15, 0.2) is 11.1 Å². The fourth-order valence-corrected chi connectivity index (χ4v) is 2.42. The van der Waals surface area contributed by atoms with Gasteiger partial charge in [-0.1, -0.05) is 0 Å². The second kappa shape index (κ2) is 3.87. The summed E-state index contributed by atoms with van der Waals surface area (Å²) in [5.74, 6) is 0.858. The molecule has 1 saturated heterocycles. The third kappa shape index (κ3) is 1.51. The van der Waals surface area contributed by atoms with Crippen molar-refractivity contribution in [1.82, 2.24) is 19.5 Å². The van der Waals surface area contributed by atoms with E-state index in [-0.39, 0.29) is 5.69 Å². The zero-order valence-electron chi connectivity index (χ0n) is 9.81. The number of aromatic amines is 1. The molecule has 0 spiro atoms. The zero-order chi connectivity index (χ0) is 11.8. The van der Waals surface area contributed by atoms with Crippen molar-refractivity contribution in [3.05, 3.63) is 16.8 Å². The lowest BCUT2D eigenvalue weighted by atomic mass is 10.4. The van der Waals surface area contributed by atoms with Crippen LogP contribution in [0.1, 0.15) is 19.8 Å². The van der Waals surface area contributed by atoms with Crippen molar-refractivity contribution in [1.29, 1.82) is 0 Å². The van der Waals surface area contributed by atoms with E-state index in [1.165, 1.54) is 19.2 Å². The van der Waals surface area contributed by atoms with Gasteiger partial charge in [-0.05, 0) is 19.8 Å². The van der Waals surface area contributed by atoms with Crippen LogP contribution < -0.4 is 10.6 Å². The molecule has 0 atom stereocenters. The van der Waals surface area contributed by atoms with Crippen LogP contribution in [-0.4, -0.2) is 32.6 Å². The monoisotopic (exact) mass is 233 g/mol. The third-order valence-corrected chi connectivity index (χ3v) is 3.26. The minimum Gasteiger partial charge on any atom is -0.355 e. The normalized spacial score (nSPS) is 15.9. The minimum atomic E-state index is -0.108. The molecule has 0 aromatic carbocycles. The Balaban J connectivity index is 2.22. The SMILES string of the molecule is CCn1c(=O)[nH]c2c(N3CCCC3)ncnc21. The molecule has 6 nitrogen and oxygen atoms in total. The van der Waals surface area contributed by atoms with Crippen LogP contribution in [0.2, 0.25) is 0 Å². The molecule has 0 radical (unpaired) electrons. The van der Waals surface area contributed by atoms with Gasteiger partial charge in [0.25, 0.3) is 0 Å². The second-order valence-corrected chi connectivity index (χ2v) is 4.26. The standard InChI is InChI=1S/C11H15N5O/c1-2-16-10-8(14-11(16)17)9(12-7-13-10)15-5-3-4-6-15/h7H,2-6H2,1H3,(H,14,17). The van der Waals surface area contributed by atoms with Crippen LogP contribution >= 0.6 is 0 Å². The van der Waals surface area contributed by atoms with Crippen LogP contribution in [-0.2, 0) is 6.54 Å². The summed E-state index contributed by atoms with van der Waals surface area (Å²) in [6.45, 7) is 4.57. The van der Waals surface area contributed by atoms with Crippen LogP contribution in [0.5, 0.6) is 0 Å². The lowest BCUT2D eigenvalue weighted by molar-refractivity contribution is 0.745. The molecule has 90 valence electrons. The largest absolute Gasteiger partial charge is 0.355 e. The van der Waals surface area contributed by atoms with E-state index in [1.807, 2.05) is 6.92 Å². The van der Waals surface area contributed by atoms with Gasteiger partial charge in [0.1, 0.15) is 11.8 Å². The van der Waals surface area contributed by atoms with E-state index >= 15 is 0 Å². The van der Waals surface area contributed by atoms with E-state index in [9.17, 15) is 4.79 Å². The van der Waals surface area contributed by atoms with E-state index in [0.29, 0.717) is 12.2 Å². The lowest BCUT2D eigenvalue weighted by Gasteiger charge is -2.16. The van der Waals surface area contributed by atoms with Crippen LogP contribution in [0, 0.1) is 0 Å². The van der Waals surface area contributed by atoms with Crippen molar-refractivity contribution in [3.63, 3.8) is 0 Å². The average Bonchev–Trinajstić information content (AvgIpc) is 2.94. The highest BCUT2D eigenvalue weighted by atomic mass is 16.1. The predicted molar refractivity (Wildman–Crippen MR) is 65.3 cm³/mol. The van der Waals surface area contributed by atoms with E-state index < -0.39 is 0 Å². The highest BCUT2D eigenvalue weighted by Gasteiger charge is 2.19. The topological polar surface area (TPSA) is 66.8 Å². The molecule has 2 aromatic heterocycles. The smallest absolute Gasteiger partial charge is 0.327 e. The fourth-order valence-electron chi connectivity index (χ4n) is 2.42. The highest BCUT2D eigenvalue weighted by Crippen LogP contribution is 2.23. The summed E-state index contributed by atoms with van der Waals surface area (Å²) in [6.07, 6.45) is 3.91. The van der Waals surface area contributed by atoms with Crippen molar-refractivity contribution in [2.24, 2.45) is 0 Å². The Morgan fingerprint density at radius 3 is 2.82 bits per heavy atom. The molecule has 0 bridgehead atoms. The number of nitrogens with one attached hydrogen (secondary N) is 1. The van der Waals surface area contributed by atoms with Gasteiger partial charge in [-0.3, -0.25) is 4.57 Å². The van der Waals surface area contributed by atoms with E-state index in [4.69, 9.17) is 0 Å². The van der Waals surface area contributed by atoms with Crippen molar-refractivity contribution in [2.75, 3.05) is 18.0 Å². The Bertz CT molecular complexity index is 593. The summed E-state index contributed by atoms with van der Waals surface area (Å²) < 4.78 is 1.64. The van der Waals surface area contributed by atoms with Crippen LogP contribution in [0.4, 0.5) is 5.82 Å². The molecule has 3 heterocycles. The van der Waals surface area contributed by atoms with E-state index in [1.54, 1.807) is 4.57 Å². The number of aromatic nitrogens is 4. The van der Waals surface area contributed by atoms with Gasteiger partial charge in [0.2, 0.25) is 0 Å². The molecule has 6 heteroatoms. The van der Waals surface area contributed by atoms with Crippen LogP contribution in [0.3, 0.4) is 0 Å². The van der Waals surface area contributed by atoms with Gasteiger partial charge < -0.3 is 9.88 Å². The quantitative estimate of drug-likeness (QED) is 0.830. The fraction of sp³-hybridized carbons (Fsp3) is 0.545. The Kier molecular flexibility index (Phi) is 2.35. The summed E-state index contributed by atoms with van der Waals surface area (Å²) in [4.78, 5) is 25.3. The first kappa shape index (κ1) is 10.3. The Labute approximate surface area is 98.3 Å². The highest BCUT2D eigenvalue weighted by molar-refractivity contribution is 5.83. The summed E-state index contributed by atoms with van der Waals surface area (Å²) in [5.41, 5.74) is 1.36. The van der Waals surface area contributed by atoms with Crippen molar-refractivity contribution in [2.45, 2.75) is 26.3 Å². The van der Waals surface area contributed by atoms with Crippen LogP contribution in [0.25, 0.3) is 11.2 Å².